The number of hydrogen-bond donors (Lipinski definition) is 1. The SMILES string of the molecule is CCCCCCCN(C)c1ccc(C)cc1N. The average molecular weight is 234 g/mol. The summed E-state index contributed by atoms with van der Waals surface area (Å²) in [6.07, 6.45) is 6.60. The Morgan fingerprint density at radius 2 is 1.82 bits per heavy atom. The zero-order chi connectivity index (χ0) is 12.7. The van der Waals surface area contributed by atoms with Crippen LogP contribution >= 0.6 is 0 Å². The Kier molecular flexibility index (Phi) is 5.88. The van der Waals surface area contributed by atoms with Gasteiger partial charge >= 0.3 is 0 Å². The van der Waals surface area contributed by atoms with Crippen LogP contribution in [-0.2, 0) is 0 Å². The molecule has 0 amide bonds. The van der Waals surface area contributed by atoms with E-state index in [2.05, 4.69) is 37.9 Å². The molecule has 0 aliphatic carbocycles. The van der Waals surface area contributed by atoms with Crippen molar-refractivity contribution in [2.75, 3.05) is 24.2 Å². The molecule has 1 aromatic carbocycles. The molecule has 0 saturated heterocycles. The third-order valence-electron chi connectivity index (χ3n) is 3.19. The van der Waals surface area contributed by atoms with E-state index in [4.69, 9.17) is 5.73 Å². The predicted molar refractivity (Wildman–Crippen MR) is 77.6 cm³/mol. The quantitative estimate of drug-likeness (QED) is 0.571. The number of aryl methyl sites for hydroxylation is 1. The first-order valence-corrected chi connectivity index (χ1v) is 6.72. The Morgan fingerprint density at radius 3 is 2.47 bits per heavy atom. The molecule has 0 aromatic heterocycles. The predicted octanol–water partition coefficient (Wildman–Crippen LogP) is 3.98. The second kappa shape index (κ2) is 7.21. The molecule has 0 aliphatic heterocycles. The van der Waals surface area contributed by atoms with E-state index >= 15 is 0 Å². The second-order valence-corrected chi connectivity index (χ2v) is 4.90. The number of nitrogens with zero attached hydrogens (tertiary/aromatic N) is 1. The lowest BCUT2D eigenvalue weighted by Crippen LogP contribution is -2.19. The van der Waals surface area contributed by atoms with Crippen LogP contribution in [0.4, 0.5) is 11.4 Å². The molecule has 1 aromatic rings. The van der Waals surface area contributed by atoms with Crippen molar-refractivity contribution >= 4 is 11.4 Å². The molecule has 0 fully saturated rings. The maximum Gasteiger partial charge on any atom is 0.0597 e. The number of benzene rings is 1. The van der Waals surface area contributed by atoms with Gasteiger partial charge in [-0.2, -0.15) is 0 Å². The fourth-order valence-electron chi connectivity index (χ4n) is 2.09. The molecule has 2 N–H and O–H groups in total. The number of anilines is 2. The third kappa shape index (κ3) is 4.68. The van der Waals surface area contributed by atoms with E-state index in [1.807, 2.05) is 6.07 Å². The minimum absolute atomic E-state index is 0.890. The van der Waals surface area contributed by atoms with E-state index < -0.39 is 0 Å². The molecule has 1 rings (SSSR count). The first-order chi connectivity index (χ1) is 8.15. The Morgan fingerprint density at radius 1 is 1.12 bits per heavy atom. The topological polar surface area (TPSA) is 29.3 Å². The monoisotopic (exact) mass is 234 g/mol. The number of nitrogen functional groups attached to an aromatic ring is 1. The largest absolute Gasteiger partial charge is 0.397 e. The molecule has 0 saturated carbocycles. The van der Waals surface area contributed by atoms with Gasteiger partial charge in [0.05, 0.1) is 11.4 Å². The van der Waals surface area contributed by atoms with Gasteiger partial charge in [-0.25, -0.2) is 0 Å². The zero-order valence-corrected chi connectivity index (χ0v) is 11.5. The minimum Gasteiger partial charge on any atom is -0.397 e. The maximum atomic E-state index is 6.03. The van der Waals surface area contributed by atoms with E-state index in [1.165, 1.54) is 37.7 Å². The van der Waals surface area contributed by atoms with Gasteiger partial charge in [-0.3, -0.25) is 0 Å². The molecule has 0 bridgehead atoms. The highest BCUT2D eigenvalue weighted by Crippen LogP contribution is 2.23. The van der Waals surface area contributed by atoms with Crippen LogP contribution < -0.4 is 10.6 Å². The van der Waals surface area contributed by atoms with Gasteiger partial charge in [0.15, 0.2) is 0 Å². The van der Waals surface area contributed by atoms with Crippen molar-refractivity contribution in [1.82, 2.24) is 0 Å². The van der Waals surface area contributed by atoms with E-state index in [0.29, 0.717) is 0 Å². The second-order valence-electron chi connectivity index (χ2n) is 4.90. The normalized spacial score (nSPS) is 10.5. The summed E-state index contributed by atoms with van der Waals surface area (Å²) in [7, 11) is 2.13. The van der Waals surface area contributed by atoms with Gasteiger partial charge in [-0.1, -0.05) is 38.7 Å². The Bertz CT molecular complexity index is 334. The minimum atomic E-state index is 0.890. The number of unbranched alkanes of at least 4 members (excludes halogenated alkanes) is 4. The summed E-state index contributed by atoms with van der Waals surface area (Å²) in [5, 5.41) is 0. The van der Waals surface area contributed by atoms with E-state index in [-0.39, 0.29) is 0 Å². The van der Waals surface area contributed by atoms with Crippen molar-refractivity contribution in [3.05, 3.63) is 23.8 Å². The van der Waals surface area contributed by atoms with E-state index in [0.717, 1.165) is 17.9 Å². The standard InChI is InChI=1S/C15H26N2/c1-4-5-6-7-8-11-17(3)15-10-9-13(2)12-14(15)16/h9-10,12H,4-8,11,16H2,1-3H3. The highest BCUT2D eigenvalue weighted by Gasteiger charge is 2.04. The fourth-order valence-corrected chi connectivity index (χ4v) is 2.09. The summed E-state index contributed by atoms with van der Waals surface area (Å²) in [6, 6.07) is 6.29. The smallest absolute Gasteiger partial charge is 0.0597 e. The molecular formula is C15H26N2. The molecule has 0 unspecified atom stereocenters. The van der Waals surface area contributed by atoms with Crippen LogP contribution in [0.25, 0.3) is 0 Å². The lowest BCUT2D eigenvalue weighted by atomic mass is 10.1. The maximum absolute atomic E-state index is 6.03. The van der Waals surface area contributed by atoms with Crippen molar-refractivity contribution in [1.29, 1.82) is 0 Å². The van der Waals surface area contributed by atoms with Crippen molar-refractivity contribution < 1.29 is 0 Å². The summed E-state index contributed by atoms with van der Waals surface area (Å²) in [4.78, 5) is 2.26. The van der Waals surface area contributed by atoms with Gasteiger partial charge in [-0.15, -0.1) is 0 Å². The summed E-state index contributed by atoms with van der Waals surface area (Å²) in [6.45, 7) is 5.42. The van der Waals surface area contributed by atoms with Crippen molar-refractivity contribution in [2.45, 2.75) is 46.0 Å². The Hall–Kier alpha value is -1.18. The van der Waals surface area contributed by atoms with Crippen LogP contribution in [0, 0.1) is 6.92 Å². The van der Waals surface area contributed by atoms with E-state index in [9.17, 15) is 0 Å². The summed E-state index contributed by atoms with van der Waals surface area (Å²) in [5.74, 6) is 0. The first kappa shape index (κ1) is 13.9. The fraction of sp³-hybridized carbons (Fsp3) is 0.600. The summed E-state index contributed by atoms with van der Waals surface area (Å²) >= 11 is 0. The van der Waals surface area contributed by atoms with Gasteiger partial charge in [0.25, 0.3) is 0 Å². The molecule has 0 heterocycles. The molecule has 2 heteroatoms. The van der Waals surface area contributed by atoms with Crippen LogP contribution in [0.2, 0.25) is 0 Å². The number of hydrogen-bond acceptors (Lipinski definition) is 2. The molecule has 17 heavy (non-hydrogen) atoms. The molecule has 0 radical (unpaired) electrons. The summed E-state index contributed by atoms with van der Waals surface area (Å²) in [5.41, 5.74) is 9.31. The van der Waals surface area contributed by atoms with Gasteiger partial charge in [-0.05, 0) is 31.0 Å². The lowest BCUT2D eigenvalue weighted by molar-refractivity contribution is 0.629. The van der Waals surface area contributed by atoms with Crippen LogP contribution in [0.1, 0.15) is 44.6 Å². The molecular weight excluding hydrogens is 208 g/mol. The van der Waals surface area contributed by atoms with Crippen LogP contribution in [-0.4, -0.2) is 13.6 Å². The molecule has 0 atom stereocenters. The summed E-state index contributed by atoms with van der Waals surface area (Å²) < 4.78 is 0. The third-order valence-corrected chi connectivity index (χ3v) is 3.19. The Labute approximate surface area is 106 Å². The average Bonchev–Trinajstić information content (AvgIpc) is 2.28. The highest BCUT2D eigenvalue weighted by molar-refractivity contribution is 5.68. The van der Waals surface area contributed by atoms with Gasteiger partial charge in [0.1, 0.15) is 0 Å². The van der Waals surface area contributed by atoms with Gasteiger partial charge in [0, 0.05) is 13.6 Å². The van der Waals surface area contributed by atoms with Crippen molar-refractivity contribution in [3.63, 3.8) is 0 Å². The van der Waals surface area contributed by atoms with Crippen LogP contribution in [0.15, 0.2) is 18.2 Å². The van der Waals surface area contributed by atoms with Crippen molar-refractivity contribution in [2.24, 2.45) is 0 Å². The highest BCUT2D eigenvalue weighted by atomic mass is 15.1. The molecule has 0 aliphatic rings. The van der Waals surface area contributed by atoms with Crippen LogP contribution in [0.3, 0.4) is 0 Å². The first-order valence-electron chi connectivity index (χ1n) is 6.72. The molecule has 96 valence electrons. The number of rotatable bonds is 7. The lowest BCUT2D eigenvalue weighted by Gasteiger charge is -2.21. The van der Waals surface area contributed by atoms with E-state index in [1.54, 1.807) is 0 Å². The molecule has 0 spiro atoms. The van der Waals surface area contributed by atoms with Crippen molar-refractivity contribution in [3.8, 4) is 0 Å². The van der Waals surface area contributed by atoms with Gasteiger partial charge < -0.3 is 10.6 Å². The number of nitrogens with two attached hydrogens (primary N) is 1. The molecule has 2 nitrogen and oxygen atoms in total. The zero-order valence-electron chi connectivity index (χ0n) is 11.5. The Balaban J connectivity index is 2.38. The van der Waals surface area contributed by atoms with Crippen LogP contribution in [0.5, 0.6) is 0 Å². The van der Waals surface area contributed by atoms with Gasteiger partial charge in [0.2, 0.25) is 0 Å².